The van der Waals surface area contributed by atoms with Crippen molar-refractivity contribution < 1.29 is 12.9 Å². The Balaban J connectivity index is 1.82. The number of imidazole rings is 1. The highest BCUT2D eigenvalue weighted by Crippen LogP contribution is 2.22. The summed E-state index contributed by atoms with van der Waals surface area (Å²) >= 11 is 0. The number of hydrogen-bond acceptors (Lipinski definition) is 5. The van der Waals surface area contributed by atoms with Crippen molar-refractivity contribution in [1.82, 2.24) is 14.7 Å². The third-order valence-electron chi connectivity index (χ3n) is 3.31. The highest BCUT2D eigenvalue weighted by Gasteiger charge is 2.18. The van der Waals surface area contributed by atoms with Gasteiger partial charge in [0.1, 0.15) is 12.0 Å². The molecule has 0 spiro atoms. The van der Waals surface area contributed by atoms with Crippen molar-refractivity contribution >= 4 is 15.7 Å². The maximum Gasteiger partial charge on any atom is 0.280 e. The first kappa shape index (κ1) is 16.3. The SMILES string of the molecule is CC(C)Cn1cnc(S(=O)(=O)Nc2cccc(-c3ccon3)c2)c1. The van der Waals surface area contributed by atoms with Crippen molar-refractivity contribution in [3.8, 4) is 11.3 Å². The van der Waals surface area contributed by atoms with Gasteiger partial charge in [-0.3, -0.25) is 4.72 Å². The molecule has 0 fully saturated rings. The predicted molar refractivity (Wildman–Crippen MR) is 89.8 cm³/mol. The van der Waals surface area contributed by atoms with Crippen LogP contribution >= 0.6 is 0 Å². The minimum atomic E-state index is -3.74. The van der Waals surface area contributed by atoms with E-state index in [2.05, 4.69) is 28.7 Å². The lowest BCUT2D eigenvalue weighted by Crippen LogP contribution is -2.13. The van der Waals surface area contributed by atoms with E-state index in [4.69, 9.17) is 4.52 Å². The van der Waals surface area contributed by atoms with Crippen LogP contribution in [0, 0.1) is 5.92 Å². The van der Waals surface area contributed by atoms with Crippen LogP contribution in [0.4, 0.5) is 5.69 Å². The van der Waals surface area contributed by atoms with Gasteiger partial charge in [0.2, 0.25) is 0 Å². The Morgan fingerprint density at radius 3 is 2.83 bits per heavy atom. The van der Waals surface area contributed by atoms with E-state index in [0.29, 0.717) is 23.8 Å². The number of sulfonamides is 1. The average molecular weight is 346 g/mol. The van der Waals surface area contributed by atoms with Gasteiger partial charge in [-0.25, -0.2) is 4.98 Å². The zero-order valence-corrected chi connectivity index (χ0v) is 14.2. The van der Waals surface area contributed by atoms with Gasteiger partial charge >= 0.3 is 0 Å². The molecule has 0 aliphatic heterocycles. The summed E-state index contributed by atoms with van der Waals surface area (Å²) in [5.74, 6) is 0.404. The summed E-state index contributed by atoms with van der Waals surface area (Å²) < 4.78 is 34.1. The summed E-state index contributed by atoms with van der Waals surface area (Å²) in [6, 6.07) is 8.65. The van der Waals surface area contributed by atoms with E-state index < -0.39 is 10.0 Å². The second-order valence-corrected chi connectivity index (χ2v) is 7.50. The molecule has 0 amide bonds. The quantitative estimate of drug-likeness (QED) is 0.741. The van der Waals surface area contributed by atoms with Gasteiger partial charge in [0, 0.05) is 30.1 Å². The standard InChI is InChI=1S/C16H18N4O3S/c1-12(2)9-20-10-16(17-11-20)24(21,22)19-14-5-3-4-13(8-14)15-6-7-23-18-15/h3-8,10-12,19H,9H2,1-2H3. The Hall–Kier alpha value is -2.61. The van der Waals surface area contributed by atoms with Crippen molar-refractivity contribution in [2.75, 3.05) is 4.72 Å². The fourth-order valence-electron chi connectivity index (χ4n) is 2.31. The largest absolute Gasteiger partial charge is 0.364 e. The summed E-state index contributed by atoms with van der Waals surface area (Å²) in [4.78, 5) is 3.99. The van der Waals surface area contributed by atoms with Crippen LogP contribution in [0.5, 0.6) is 0 Å². The van der Waals surface area contributed by atoms with Gasteiger partial charge in [-0.15, -0.1) is 0 Å². The molecular weight excluding hydrogens is 328 g/mol. The molecule has 2 heterocycles. The van der Waals surface area contributed by atoms with Crippen molar-refractivity contribution in [3.63, 3.8) is 0 Å². The van der Waals surface area contributed by atoms with E-state index in [9.17, 15) is 8.42 Å². The molecule has 126 valence electrons. The minimum absolute atomic E-state index is 0.00464. The van der Waals surface area contributed by atoms with Crippen LogP contribution in [-0.4, -0.2) is 23.1 Å². The molecule has 0 saturated carbocycles. The van der Waals surface area contributed by atoms with E-state index in [1.807, 2.05) is 6.07 Å². The summed E-state index contributed by atoms with van der Waals surface area (Å²) in [7, 11) is -3.74. The second kappa shape index (κ2) is 6.48. The van der Waals surface area contributed by atoms with Crippen LogP contribution in [0.15, 0.2) is 58.7 Å². The first-order valence-corrected chi connectivity index (χ1v) is 8.98. The van der Waals surface area contributed by atoms with Crippen LogP contribution in [0.3, 0.4) is 0 Å². The van der Waals surface area contributed by atoms with Crippen molar-refractivity contribution in [3.05, 3.63) is 49.1 Å². The number of benzene rings is 1. The molecule has 24 heavy (non-hydrogen) atoms. The lowest BCUT2D eigenvalue weighted by atomic mass is 10.1. The number of nitrogens with one attached hydrogen (secondary N) is 1. The van der Waals surface area contributed by atoms with E-state index in [1.165, 1.54) is 18.8 Å². The van der Waals surface area contributed by atoms with Gasteiger partial charge in [0.15, 0.2) is 5.03 Å². The van der Waals surface area contributed by atoms with Gasteiger partial charge in [0.05, 0.1) is 6.33 Å². The monoisotopic (exact) mass is 346 g/mol. The van der Waals surface area contributed by atoms with Crippen LogP contribution in [0.25, 0.3) is 11.3 Å². The van der Waals surface area contributed by atoms with Crippen molar-refractivity contribution in [1.29, 1.82) is 0 Å². The van der Waals surface area contributed by atoms with E-state index in [-0.39, 0.29) is 5.03 Å². The molecule has 0 bridgehead atoms. The molecule has 8 heteroatoms. The lowest BCUT2D eigenvalue weighted by Gasteiger charge is -2.07. The molecule has 1 N–H and O–H groups in total. The maximum atomic E-state index is 12.5. The van der Waals surface area contributed by atoms with E-state index in [1.54, 1.807) is 28.8 Å². The Bertz CT molecular complexity index is 914. The van der Waals surface area contributed by atoms with Crippen LogP contribution in [0.2, 0.25) is 0 Å². The molecule has 3 rings (SSSR count). The first-order chi connectivity index (χ1) is 11.4. The normalized spacial score (nSPS) is 11.8. The fraction of sp³-hybridized carbons (Fsp3) is 0.250. The highest BCUT2D eigenvalue weighted by molar-refractivity contribution is 7.92. The molecule has 0 saturated heterocycles. The Kier molecular flexibility index (Phi) is 4.39. The fourth-order valence-corrected chi connectivity index (χ4v) is 3.31. The van der Waals surface area contributed by atoms with Gasteiger partial charge in [-0.05, 0) is 18.1 Å². The van der Waals surface area contributed by atoms with Crippen molar-refractivity contribution in [2.45, 2.75) is 25.4 Å². The molecule has 2 aromatic heterocycles. The van der Waals surface area contributed by atoms with E-state index >= 15 is 0 Å². The smallest absolute Gasteiger partial charge is 0.280 e. The zero-order chi connectivity index (χ0) is 17.2. The van der Waals surface area contributed by atoms with Gasteiger partial charge in [-0.2, -0.15) is 8.42 Å². The van der Waals surface area contributed by atoms with Crippen LogP contribution in [0.1, 0.15) is 13.8 Å². The second-order valence-electron chi connectivity index (χ2n) is 5.87. The molecular formula is C16H18N4O3S. The van der Waals surface area contributed by atoms with Gasteiger partial charge < -0.3 is 9.09 Å². The topological polar surface area (TPSA) is 90.0 Å². The predicted octanol–water partition coefficient (Wildman–Crippen LogP) is 2.99. The molecule has 0 aliphatic rings. The maximum absolute atomic E-state index is 12.5. The molecule has 0 aliphatic carbocycles. The highest BCUT2D eigenvalue weighted by atomic mass is 32.2. The summed E-state index contributed by atoms with van der Waals surface area (Å²) in [5, 5.41) is 3.84. The summed E-state index contributed by atoms with van der Waals surface area (Å²) in [5.41, 5.74) is 1.83. The average Bonchev–Trinajstić information content (AvgIpc) is 3.17. The Labute approximate surface area is 140 Å². The molecule has 0 unspecified atom stereocenters. The number of anilines is 1. The lowest BCUT2D eigenvalue weighted by molar-refractivity contribution is 0.422. The number of hydrogen-bond donors (Lipinski definition) is 1. The first-order valence-electron chi connectivity index (χ1n) is 7.49. The Morgan fingerprint density at radius 1 is 1.29 bits per heavy atom. The molecule has 0 atom stereocenters. The minimum Gasteiger partial charge on any atom is -0.364 e. The van der Waals surface area contributed by atoms with Crippen molar-refractivity contribution in [2.24, 2.45) is 5.92 Å². The molecule has 0 radical (unpaired) electrons. The zero-order valence-electron chi connectivity index (χ0n) is 13.4. The third-order valence-corrected chi connectivity index (χ3v) is 4.58. The summed E-state index contributed by atoms with van der Waals surface area (Å²) in [6.07, 6.45) is 4.53. The Morgan fingerprint density at radius 2 is 2.12 bits per heavy atom. The molecule has 1 aromatic carbocycles. The molecule has 7 nitrogen and oxygen atoms in total. The number of aromatic nitrogens is 3. The van der Waals surface area contributed by atoms with E-state index in [0.717, 1.165) is 5.56 Å². The van der Waals surface area contributed by atoms with Crippen LogP contribution < -0.4 is 4.72 Å². The van der Waals surface area contributed by atoms with Crippen LogP contribution in [-0.2, 0) is 16.6 Å². The number of nitrogens with zero attached hydrogens (tertiary/aromatic N) is 3. The van der Waals surface area contributed by atoms with Gasteiger partial charge in [0.25, 0.3) is 10.0 Å². The molecule has 3 aromatic rings. The van der Waals surface area contributed by atoms with Gasteiger partial charge in [-0.1, -0.05) is 31.1 Å². The third kappa shape index (κ3) is 3.65. The summed E-state index contributed by atoms with van der Waals surface area (Å²) in [6.45, 7) is 4.83. The number of rotatable bonds is 6.